The highest BCUT2D eigenvalue weighted by atomic mass is 19.1. The summed E-state index contributed by atoms with van der Waals surface area (Å²) in [6.07, 6.45) is 0.415. The third-order valence-corrected chi connectivity index (χ3v) is 5.02. The minimum absolute atomic E-state index is 0.0665. The fraction of sp³-hybridized carbons (Fsp3) is 0.333. The molecular formula is C21H20FNO3. The third-order valence-electron chi connectivity index (χ3n) is 5.02. The molecule has 0 N–H and O–H groups in total. The molecule has 2 aromatic carbocycles. The van der Waals surface area contributed by atoms with Crippen LogP contribution in [-0.4, -0.2) is 42.5 Å². The van der Waals surface area contributed by atoms with Crippen molar-refractivity contribution in [3.05, 3.63) is 53.6 Å². The zero-order valence-electron chi connectivity index (χ0n) is 14.4. The Bertz CT molecular complexity index is 856. The van der Waals surface area contributed by atoms with Gasteiger partial charge >= 0.3 is 0 Å². The fourth-order valence-corrected chi connectivity index (χ4v) is 3.51. The Kier molecular flexibility index (Phi) is 4.45. The number of ketones is 1. The number of Topliss-reactive ketones (excluding diaryl/α,β-unsaturated/α-hetero) is 1. The molecule has 5 heteroatoms. The molecule has 2 heterocycles. The number of carbonyl (C=O) groups is 2. The van der Waals surface area contributed by atoms with Crippen LogP contribution in [0.3, 0.4) is 0 Å². The summed E-state index contributed by atoms with van der Waals surface area (Å²) in [5.74, 6) is 0.627. The summed E-state index contributed by atoms with van der Waals surface area (Å²) >= 11 is 0. The van der Waals surface area contributed by atoms with Crippen molar-refractivity contribution >= 4 is 11.7 Å². The van der Waals surface area contributed by atoms with Crippen LogP contribution >= 0.6 is 0 Å². The second-order valence-corrected chi connectivity index (χ2v) is 6.78. The second kappa shape index (κ2) is 6.90. The maximum absolute atomic E-state index is 13.3. The van der Waals surface area contributed by atoms with Crippen molar-refractivity contribution in [1.82, 2.24) is 4.90 Å². The van der Waals surface area contributed by atoms with Gasteiger partial charge in [-0.25, -0.2) is 4.39 Å². The normalized spacial score (nSPS) is 17.6. The molecule has 2 aromatic rings. The zero-order chi connectivity index (χ0) is 18.1. The lowest BCUT2D eigenvalue weighted by Gasteiger charge is -2.28. The monoisotopic (exact) mass is 353 g/mol. The number of ether oxygens (including phenoxy) is 1. The molecule has 2 aliphatic rings. The standard InChI is InChI=1S/C21H20FNO3/c22-17-6-9-23(10-7-17)21(25)16-3-1-2-14(12-16)15-4-5-18-19(24)8-11-26-20(18)13-15/h1-5,12-13,17H,6-11H2. The second-order valence-electron chi connectivity index (χ2n) is 6.78. The molecule has 0 spiro atoms. The summed E-state index contributed by atoms with van der Waals surface area (Å²) in [7, 11) is 0. The van der Waals surface area contributed by atoms with E-state index in [9.17, 15) is 14.0 Å². The van der Waals surface area contributed by atoms with Crippen LogP contribution in [0.2, 0.25) is 0 Å². The number of piperidine rings is 1. The molecule has 0 bridgehead atoms. The van der Waals surface area contributed by atoms with Gasteiger partial charge in [0.25, 0.3) is 5.91 Å². The van der Waals surface area contributed by atoms with E-state index in [0.29, 0.717) is 55.8 Å². The summed E-state index contributed by atoms with van der Waals surface area (Å²) in [5.41, 5.74) is 2.99. The third kappa shape index (κ3) is 3.21. The molecule has 1 saturated heterocycles. The van der Waals surface area contributed by atoms with Crippen LogP contribution < -0.4 is 4.74 Å². The van der Waals surface area contributed by atoms with Gasteiger partial charge in [0, 0.05) is 25.1 Å². The summed E-state index contributed by atoms with van der Waals surface area (Å²) < 4.78 is 18.9. The molecule has 0 aromatic heterocycles. The van der Waals surface area contributed by atoms with Crippen molar-refractivity contribution in [3.63, 3.8) is 0 Å². The highest BCUT2D eigenvalue weighted by Gasteiger charge is 2.24. The number of amides is 1. The molecule has 0 radical (unpaired) electrons. The van der Waals surface area contributed by atoms with Crippen LogP contribution in [0.25, 0.3) is 11.1 Å². The lowest BCUT2D eigenvalue weighted by atomic mass is 9.97. The molecule has 134 valence electrons. The van der Waals surface area contributed by atoms with Crippen molar-refractivity contribution in [2.75, 3.05) is 19.7 Å². The summed E-state index contributed by atoms with van der Waals surface area (Å²) in [6.45, 7) is 1.32. The Hall–Kier alpha value is -2.69. The van der Waals surface area contributed by atoms with Crippen LogP contribution in [-0.2, 0) is 0 Å². The summed E-state index contributed by atoms with van der Waals surface area (Å²) in [5, 5.41) is 0. The van der Waals surface area contributed by atoms with Gasteiger partial charge in [-0.3, -0.25) is 9.59 Å². The number of nitrogens with zero attached hydrogens (tertiary/aromatic N) is 1. The van der Waals surface area contributed by atoms with Gasteiger partial charge in [0.15, 0.2) is 5.78 Å². The number of alkyl halides is 1. The highest BCUT2D eigenvalue weighted by Crippen LogP contribution is 2.31. The van der Waals surface area contributed by atoms with Gasteiger partial charge in [0.2, 0.25) is 0 Å². The molecule has 4 nitrogen and oxygen atoms in total. The lowest BCUT2D eigenvalue weighted by Crippen LogP contribution is -2.39. The first kappa shape index (κ1) is 16.8. The number of hydrogen-bond donors (Lipinski definition) is 0. The number of carbonyl (C=O) groups excluding carboxylic acids is 2. The minimum Gasteiger partial charge on any atom is -0.492 e. The number of hydrogen-bond acceptors (Lipinski definition) is 3. The Balaban J connectivity index is 1.60. The van der Waals surface area contributed by atoms with Gasteiger partial charge in [0.05, 0.1) is 12.2 Å². The van der Waals surface area contributed by atoms with Gasteiger partial charge in [-0.2, -0.15) is 0 Å². The average molecular weight is 353 g/mol. The predicted octanol–water partition coefficient (Wildman–Crippen LogP) is 3.89. The molecule has 1 fully saturated rings. The van der Waals surface area contributed by atoms with Crippen LogP contribution in [0.5, 0.6) is 5.75 Å². The van der Waals surface area contributed by atoms with E-state index in [0.717, 1.165) is 11.1 Å². The van der Waals surface area contributed by atoms with Crippen LogP contribution in [0.1, 0.15) is 40.0 Å². The smallest absolute Gasteiger partial charge is 0.253 e. The van der Waals surface area contributed by atoms with E-state index >= 15 is 0 Å². The minimum atomic E-state index is -0.802. The van der Waals surface area contributed by atoms with Gasteiger partial charge in [-0.05, 0) is 48.2 Å². The van der Waals surface area contributed by atoms with Gasteiger partial charge in [-0.15, -0.1) is 0 Å². The summed E-state index contributed by atoms with van der Waals surface area (Å²) in [6, 6.07) is 12.9. The number of halogens is 1. The molecule has 0 aliphatic carbocycles. The van der Waals surface area contributed by atoms with Crippen LogP contribution in [0, 0.1) is 0 Å². The molecule has 1 amide bonds. The maximum Gasteiger partial charge on any atom is 0.253 e. The Morgan fingerprint density at radius 3 is 2.65 bits per heavy atom. The molecule has 0 unspecified atom stereocenters. The molecule has 2 aliphatic heterocycles. The molecule has 26 heavy (non-hydrogen) atoms. The van der Waals surface area contributed by atoms with Crippen molar-refractivity contribution < 1.29 is 18.7 Å². The fourth-order valence-electron chi connectivity index (χ4n) is 3.51. The van der Waals surface area contributed by atoms with E-state index in [4.69, 9.17) is 4.74 Å². The highest BCUT2D eigenvalue weighted by molar-refractivity contribution is 6.00. The number of fused-ring (bicyclic) bond motifs is 1. The summed E-state index contributed by atoms with van der Waals surface area (Å²) in [4.78, 5) is 26.3. The SMILES string of the molecule is O=C1CCOc2cc(-c3cccc(C(=O)N4CCC(F)CC4)c3)ccc21. The molecule has 0 atom stereocenters. The van der Waals surface area contributed by atoms with Gasteiger partial charge in [-0.1, -0.05) is 18.2 Å². The molecule has 4 rings (SSSR count). The number of benzene rings is 2. The first-order valence-electron chi connectivity index (χ1n) is 8.95. The topological polar surface area (TPSA) is 46.6 Å². The van der Waals surface area contributed by atoms with Crippen molar-refractivity contribution in [1.29, 1.82) is 0 Å². The van der Waals surface area contributed by atoms with Gasteiger partial charge < -0.3 is 9.64 Å². The molecule has 0 saturated carbocycles. The maximum atomic E-state index is 13.3. The Labute approximate surface area is 151 Å². The first-order valence-corrected chi connectivity index (χ1v) is 8.95. The average Bonchev–Trinajstić information content (AvgIpc) is 2.68. The number of likely N-dealkylation sites (tertiary alicyclic amines) is 1. The predicted molar refractivity (Wildman–Crippen MR) is 96.4 cm³/mol. The first-order chi connectivity index (χ1) is 12.6. The van der Waals surface area contributed by atoms with E-state index in [2.05, 4.69) is 0 Å². The van der Waals surface area contributed by atoms with E-state index in [1.165, 1.54) is 0 Å². The molecular weight excluding hydrogens is 333 g/mol. The Morgan fingerprint density at radius 1 is 1.08 bits per heavy atom. The van der Waals surface area contributed by atoms with Crippen molar-refractivity contribution in [2.24, 2.45) is 0 Å². The van der Waals surface area contributed by atoms with E-state index in [-0.39, 0.29) is 11.7 Å². The van der Waals surface area contributed by atoms with E-state index in [1.807, 2.05) is 30.3 Å². The Morgan fingerprint density at radius 2 is 1.85 bits per heavy atom. The van der Waals surface area contributed by atoms with Crippen LogP contribution in [0.15, 0.2) is 42.5 Å². The number of rotatable bonds is 2. The largest absolute Gasteiger partial charge is 0.492 e. The van der Waals surface area contributed by atoms with E-state index in [1.54, 1.807) is 17.0 Å². The van der Waals surface area contributed by atoms with Crippen molar-refractivity contribution in [2.45, 2.75) is 25.4 Å². The van der Waals surface area contributed by atoms with Crippen molar-refractivity contribution in [3.8, 4) is 16.9 Å². The van der Waals surface area contributed by atoms with Crippen LogP contribution in [0.4, 0.5) is 4.39 Å². The zero-order valence-corrected chi connectivity index (χ0v) is 14.4. The quantitative estimate of drug-likeness (QED) is 0.823. The lowest BCUT2D eigenvalue weighted by molar-refractivity contribution is 0.0667. The van der Waals surface area contributed by atoms with Gasteiger partial charge in [0.1, 0.15) is 11.9 Å². The van der Waals surface area contributed by atoms with E-state index < -0.39 is 6.17 Å².